The number of hydrogen-bond donors (Lipinski definition) is 0. The number of rotatable bonds is 0. The monoisotopic (exact) mass is 218 g/mol. The predicted octanol–water partition coefficient (Wildman–Crippen LogP) is -5.28. The van der Waals surface area contributed by atoms with Crippen molar-refractivity contribution in [2.24, 2.45) is 0 Å². The second-order valence-electron chi connectivity index (χ2n) is 0.0962. The van der Waals surface area contributed by atoms with E-state index in [4.69, 9.17) is 9.90 Å². The Morgan fingerprint density at radius 2 is 1.60 bits per heavy atom. The molecule has 0 unspecified atom stereocenters. The minimum atomic E-state index is -0.500. The van der Waals surface area contributed by atoms with Crippen molar-refractivity contribution in [3.05, 3.63) is 0 Å². The van der Waals surface area contributed by atoms with E-state index in [9.17, 15) is 0 Å². The van der Waals surface area contributed by atoms with Crippen LogP contribution in [0.25, 0.3) is 0 Å². The van der Waals surface area contributed by atoms with Gasteiger partial charge < -0.3 is 9.90 Å². The van der Waals surface area contributed by atoms with Crippen molar-refractivity contribution < 1.29 is 61.3 Å². The number of carbonyl (C=O) groups is 1. The Morgan fingerprint density at radius 1 is 1.60 bits per heavy atom. The van der Waals surface area contributed by atoms with Gasteiger partial charge in [0, 0.05) is 6.47 Å². The van der Waals surface area contributed by atoms with Crippen LogP contribution in [0, 0.1) is 0 Å². The summed E-state index contributed by atoms with van der Waals surface area (Å²) in [5.74, 6) is 0. The summed E-state index contributed by atoms with van der Waals surface area (Å²) in [6.07, 6.45) is 0. The van der Waals surface area contributed by atoms with Gasteiger partial charge >= 0.3 is 120 Å². The fourth-order valence-electron chi connectivity index (χ4n) is 0. The molecule has 0 heterocycles. The molecule has 0 N–H and O–H groups in total. The van der Waals surface area contributed by atoms with Crippen molar-refractivity contribution >= 4 is 75.4 Å². The molecule has 5 heavy (non-hydrogen) atoms. The molecule has 0 saturated heterocycles. The SMILES string of the molecule is O=C[O-].[CsH].[K+]. The molecule has 0 bridgehead atoms. The molecule has 0 aliphatic carbocycles. The van der Waals surface area contributed by atoms with E-state index in [2.05, 4.69) is 0 Å². The Bertz CT molecular complexity index is 17.1. The predicted molar refractivity (Wildman–Crippen MR) is 13.2 cm³/mol. The normalized spacial score (nSPS) is 2.40. The first-order chi connectivity index (χ1) is 1.41. The van der Waals surface area contributed by atoms with Crippen molar-refractivity contribution in [2.75, 3.05) is 0 Å². The quantitative estimate of drug-likeness (QED) is 0.301. The van der Waals surface area contributed by atoms with Crippen LogP contribution in [0.4, 0.5) is 0 Å². The van der Waals surface area contributed by atoms with E-state index >= 15 is 0 Å². The van der Waals surface area contributed by atoms with Gasteiger partial charge in [-0.1, -0.05) is 0 Å². The van der Waals surface area contributed by atoms with Crippen LogP contribution in [0.5, 0.6) is 0 Å². The van der Waals surface area contributed by atoms with Crippen molar-refractivity contribution in [2.45, 2.75) is 0 Å². The Balaban J connectivity index is -0.0000000200. The summed E-state index contributed by atoms with van der Waals surface area (Å²) < 4.78 is 0. The Morgan fingerprint density at radius 3 is 1.60 bits per heavy atom. The average molecular weight is 218 g/mol. The van der Waals surface area contributed by atoms with Crippen LogP contribution in [-0.2, 0) is 4.79 Å². The molecule has 0 aromatic heterocycles. The summed E-state index contributed by atoms with van der Waals surface area (Å²) in [5.41, 5.74) is 0. The molecule has 0 rings (SSSR count). The maximum Gasteiger partial charge on any atom is 1.00 e. The van der Waals surface area contributed by atoms with Crippen LogP contribution in [0.2, 0.25) is 0 Å². The van der Waals surface area contributed by atoms with Gasteiger partial charge in [-0.25, -0.2) is 0 Å². The smallest absolute Gasteiger partial charge is 1.00 e. The van der Waals surface area contributed by atoms with Crippen molar-refractivity contribution in [1.82, 2.24) is 0 Å². The van der Waals surface area contributed by atoms with E-state index in [0.717, 1.165) is 0 Å². The first-order valence-corrected chi connectivity index (χ1v) is 0.471. The maximum absolute atomic E-state index is 8.25. The van der Waals surface area contributed by atoms with Gasteiger partial charge in [0.1, 0.15) is 0 Å². The first-order valence-electron chi connectivity index (χ1n) is 0.471. The van der Waals surface area contributed by atoms with Gasteiger partial charge in [-0.3, -0.25) is 0 Å². The molecular weight excluding hydrogens is 216 g/mol. The summed E-state index contributed by atoms with van der Waals surface area (Å²) in [6.45, 7) is -0.500. The second kappa shape index (κ2) is 15.7. The van der Waals surface area contributed by atoms with E-state index in [0.29, 0.717) is 0 Å². The molecule has 0 aromatic carbocycles. The van der Waals surface area contributed by atoms with Crippen LogP contribution >= 0.6 is 0 Å². The minimum Gasteiger partial charge on any atom is 1.00 e. The van der Waals surface area contributed by atoms with Crippen molar-refractivity contribution in [1.29, 1.82) is 0 Å². The fourth-order valence-corrected chi connectivity index (χ4v) is 0. The van der Waals surface area contributed by atoms with Gasteiger partial charge in [0.05, 0.1) is 0 Å². The third-order valence-electron chi connectivity index (χ3n) is 0. The Labute approximate surface area is 132 Å². The molecule has 0 spiro atoms. The van der Waals surface area contributed by atoms with Crippen molar-refractivity contribution in [3.8, 4) is 0 Å². The van der Waals surface area contributed by atoms with Gasteiger partial charge in [-0.15, -0.1) is 0 Å². The van der Waals surface area contributed by atoms with Crippen LogP contribution < -0.4 is 56.5 Å². The standard InChI is InChI=1S/CH2O2.Cs.K.H/c2-1-3;;;/h1H,(H,2,3);;;/q;;+1;/p-1. The van der Waals surface area contributed by atoms with Gasteiger partial charge in [-0.05, 0) is 0 Å². The minimum absolute atomic E-state index is 0. The van der Waals surface area contributed by atoms with E-state index in [-0.39, 0.29) is 120 Å². The van der Waals surface area contributed by atoms with E-state index in [1.807, 2.05) is 0 Å². The molecule has 2 nitrogen and oxygen atoms in total. The third-order valence-corrected chi connectivity index (χ3v) is 0. The van der Waals surface area contributed by atoms with Crippen molar-refractivity contribution in [3.63, 3.8) is 0 Å². The van der Waals surface area contributed by atoms with Crippen LogP contribution in [-0.4, -0.2) is 75.4 Å². The molecule has 0 saturated carbocycles. The first kappa shape index (κ1) is 15.7. The van der Waals surface area contributed by atoms with Crippen LogP contribution in [0.1, 0.15) is 0 Å². The number of hydrogen-bond acceptors (Lipinski definition) is 2. The van der Waals surface area contributed by atoms with Crippen LogP contribution in [0.3, 0.4) is 0 Å². The zero-order valence-electron chi connectivity index (χ0n) is 2.39. The number of carboxylic acid groups (broad SMARTS) is 1. The summed E-state index contributed by atoms with van der Waals surface area (Å²) in [4.78, 5) is 8.25. The molecule has 0 fully saturated rings. The molecule has 0 atom stereocenters. The topological polar surface area (TPSA) is 40.1 Å². The second-order valence-corrected chi connectivity index (χ2v) is 0.0962. The third kappa shape index (κ3) is 19.1. The number of carbonyl (C=O) groups excluding carboxylic acids is 1. The van der Waals surface area contributed by atoms with Gasteiger partial charge in [0.15, 0.2) is 0 Å². The van der Waals surface area contributed by atoms with E-state index < -0.39 is 6.47 Å². The molecule has 0 radical (unpaired) electrons. The van der Waals surface area contributed by atoms with Gasteiger partial charge in [-0.2, -0.15) is 0 Å². The zero-order valence-corrected chi connectivity index (χ0v) is 5.52. The van der Waals surface area contributed by atoms with E-state index in [1.165, 1.54) is 0 Å². The molecular formula is CH2CsKO2. The summed E-state index contributed by atoms with van der Waals surface area (Å²) in [5, 5.41) is 8.25. The summed E-state index contributed by atoms with van der Waals surface area (Å²) in [6, 6.07) is 0. The van der Waals surface area contributed by atoms with Gasteiger partial charge in [0.2, 0.25) is 0 Å². The molecule has 0 aromatic rings. The summed E-state index contributed by atoms with van der Waals surface area (Å²) >= 11 is 0. The zero-order chi connectivity index (χ0) is 2.71. The fraction of sp³-hybridized carbons (Fsp3) is 0. The van der Waals surface area contributed by atoms with E-state index in [1.54, 1.807) is 0 Å². The summed E-state index contributed by atoms with van der Waals surface area (Å²) in [7, 11) is 0. The Hall–Kier alpha value is 3.16. The largest absolute Gasteiger partial charge is 1.00 e. The maximum atomic E-state index is 8.25. The van der Waals surface area contributed by atoms with Gasteiger partial charge in [0.25, 0.3) is 0 Å². The molecule has 0 aliphatic heterocycles. The molecule has 20 valence electrons. The Kier molecular flexibility index (Phi) is 49.3. The molecule has 4 heteroatoms. The average Bonchev–Trinajstić information content (AvgIpc) is 0.918. The van der Waals surface area contributed by atoms with Crippen LogP contribution in [0.15, 0.2) is 0 Å². The molecule has 0 aliphatic rings. The molecule has 0 amide bonds.